The minimum absolute atomic E-state index is 0.667. The average Bonchev–Trinajstić information content (AvgIpc) is 3.07. The molecule has 2 aromatic carbocycles. The highest BCUT2D eigenvalue weighted by Crippen LogP contribution is 2.25. The summed E-state index contributed by atoms with van der Waals surface area (Å²) in [5.74, 6) is 1.51. The molecular formula is C19H17N5O. The summed E-state index contributed by atoms with van der Waals surface area (Å²) in [6.45, 7) is 0.667. The topological polar surface area (TPSA) is 64.9 Å². The Balaban J connectivity index is 1.66. The summed E-state index contributed by atoms with van der Waals surface area (Å²) < 4.78 is 7.14. The number of benzene rings is 2. The van der Waals surface area contributed by atoms with Crippen molar-refractivity contribution in [1.29, 1.82) is 0 Å². The van der Waals surface area contributed by atoms with Crippen LogP contribution < -0.4 is 10.1 Å². The normalized spacial score (nSPS) is 10.8. The summed E-state index contributed by atoms with van der Waals surface area (Å²) in [5, 5.41) is 8.67. The van der Waals surface area contributed by atoms with Gasteiger partial charge >= 0.3 is 0 Å². The number of anilines is 2. The standard InChI is InChI=1S/C19H17N5O/c1-25-16-9-5-8-15(10-16)23-18-17-11-22-24(19(17)21-13-20-18)12-14-6-3-2-4-7-14/h2-11,13H,12H2,1H3,(H,20,21,23). The van der Waals surface area contributed by atoms with E-state index in [0.29, 0.717) is 6.54 Å². The number of rotatable bonds is 5. The number of hydrogen-bond acceptors (Lipinski definition) is 5. The van der Waals surface area contributed by atoms with Crippen molar-refractivity contribution in [1.82, 2.24) is 19.7 Å². The molecule has 124 valence electrons. The van der Waals surface area contributed by atoms with Crippen molar-refractivity contribution >= 4 is 22.5 Å². The smallest absolute Gasteiger partial charge is 0.163 e. The van der Waals surface area contributed by atoms with Gasteiger partial charge in [0.15, 0.2) is 5.65 Å². The molecule has 0 unspecified atom stereocenters. The number of aromatic nitrogens is 4. The van der Waals surface area contributed by atoms with E-state index in [4.69, 9.17) is 4.74 Å². The average molecular weight is 331 g/mol. The molecular weight excluding hydrogens is 314 g/mol. The molecule has 4 aromatic rings. The van der Waals surface area contributed by atoms with E-state index in [1.54, 1.807) is 19.6 Å². The van der Waals surface area contributed by atoms with E-state index in [-0.39, 0.29) is 0 Å². The van der Waals surface area contributed by atoms with Crippen molar-refractivity contribution in [3.63, 3.8) is 0 Å². The molecule has 0 atom stereocenters. The van der Waals surface area contributed by atoms with Crippen molar-refractivity contribution in [2.75, 3.05) is 12.4 Å². The maximum absolute atomic E-state index is 5.26. The maximum atomic E-state index is 5.26. The van der Waals surface area contributed by atoms with E-state index in [2.05, 4.69) is 32.5 Å². The Labute approximate surface area is 145 Å². The SMILES string of the molecule is COc1cccc(Nc2ncnc3c2cnn3Cc2ccccc2)c1. The Morgan fingerprint density at radius 1 is 1.04 bits per heavy atom. The van der Waals surface area contributed by atoms with Crippen molar-refractivity contribution in [2.45, 2.75) is 6.54 Å². The van der Waals surface area contributed by atoms with Crippen LogP contribution in [-0.2, 0) is 6.54 Å². The fourth-order valence-corrected chi connectivity index (χ4v) is 2.70. The van der Waals surface area contributed by atoms with Crippen LogP contribution in [0.25, 0.3) is 11.0 Å². The van der Waals surface area contributed by atoms with Crippen LogP contribution in [0.4, 0.5) is 11.5 Å². The van der Waals surface area contributed by atoms with Gasteiger partial charge in [-0.05, 0) is 17.7 Å². The van der Waals surface area contributed by atoms with Gasteiger partial charge in [-0.15, -0.1) is 0 Å². The third-order valence-corrected chi connectivity index (χ3v) is 3.94. The first-order chi connectivity index (χ1) is 12.3. The second kappa shape index (κ2) is 6.60. The maximum Gasteiger partial charge on any atom is 0.163 e. The van der Waals surface area contributed by atoms with Crippen molar-refractivity contribution in [2.24, 2.45) is 0 Å². The van der Waals surface area contributed by atoms with Crippen LogP contribution in [0.2, 0.25) is 0 Å². The molecule has 0 saturated heterocycles. The lowest BCUT2D eigenvalue weighted by Gasteiger charge is -2.08. The fraction of sp³-hybridized carbons (Fsp3) is 0.105. The van der Waals surface area contributed by atoms with Gasteiger partial charge in [0.1, 0.15) is 17.9 Å². The highest BCUT2D eigenvalue weighted by Gasteiger charge is 2.10. The summed E-state index contributed by atoms with van der Waals surface area (Å²) in [5.41, 5.74) is 2.87. The van der Waals surface area contributed by atoms with Crippen molar-refractivity contribution in [3.05, 3.63) is 72.7 Å². The first kappa shape index (κ1) is 15.1. The van der Waals surface area contributed by atoms with Crippen LogP contribution in [0, 0.1) is 0 Å². The molecule has 0 spiro atoms. The largest absolute Gasteiger partial charge is 0.497 e. The molecule has 0 aliphatic heterocycles. The molecule has 1 N–H and O–H groups in total. The molecule has 0 aliphatic carbocycles. The van der Waals surface area contributed by atoms with Gasteiger partial charge in [0.05, 0.1) is 25.2 Å². The van der Waals surface area contributed by atoms with Gasteiger partial charge in [0, 0.05) is 11.8 Å². The van der Waals surface area contributed by atoms with Crippen LogP contribution in [0.1, 0.15) is 5.56 Å². The number of nitrogens with one attached hydrogen (secondary N) is 1. The number of methoxy groups -OCH3 is 1. The lowest BCUT2D eigenvalue weighted by molar-refractivity contribution is 0.415. The zero-order chi connectivity index (χ0) is 17.1. The quantitative estimate of drug-likeness (QED) is 0.605. The summed E-state index contributed by atoms with van der Waals surface area (Å²) >= 11 is 0. The fourth-order valence-electron chi connectivity index (χ4n) is 2.70. The highest BCUT2D eigenvalue weighted by molar-refractivity contribution is 5.88. The Morgan fingerprint density at radius 2 is 1.92 bits per heavy atom. The van der Waals surface area contributed by atoms with Crippen molar-refractivity contribution in [3.8, 4) is 5.75 Å². The summed E-state index contributed by atoms with van der Waals surface area (Å²) in [6, 6.07) is 17.9. The Bertz CT molecular complexity index is 997. The van der Waals surface area contributed by atoms with Gasteiger partial charge in [-0.3, -0.25) is 0 Å². The molecule has 0 radical (unpaired) electrons. The molecule has 0 bridgehead atoms. The molecule has 0 fully saturated rings. The van der Waals surface area contributed by atoms with Crippen LogP contribution in [0.5, 0.6) is 5.75 Å². The monoisotopic (exact) mass is 331 g/mol. The Morgan fingerprint density at radius 3 is 2.76 bits per heavy atom. The molecule has 6 heteroatoms. The predicted octanol–water partition coefficient (Wildman–Crippen LogP) is 3.63. The molecule has 0 saturated carbocycles. The lowest BCUT2D eigenvalue weighted by Crippen LogP contribution is -2.03. The van der Waals surface area contributed by atoms with E-state index in [0.717, 1.165) is 28.3 Å². The van der Waals surface area contributed by atoms with Gasteiger partial charge in [0.2, 0.25) is 0 Å². The van der Waals surface area contributed by atoms with Gasteiger partial charge in [-0.1, -0.05) is 36.4 Å². The highest BCUT2D eigenvalue weighted by atomic mass is 16.5. The first-order valence-electron chi connectivity index (χ1n) is 7.95. The molecule has 2 aromatic heterocycles. The molecule has 4 rings (SSSR count). The summed E-state index contributed by atoms with van der Waals surface area (Å²) in [4.78, 5) is 8.76. The minimum Gasteiger partial charge on any atom is -0.497 e. The number of nitrogens with zero attached hydrogens (tertiary/aromatic N) is 4. The summed E-state index contributed by atoms with van der Waals surface area (Å²) in [7, 11) is 1.65. The Hall–Kier alpha value is -3.41. The van der Waals surface area contributed by atoms with E-state index in [1.165, 1.54) is 5.56 Å². The van der Waals surface area contributed by atoms with Crippen LogP contribution in [-0.4, -0.2) is 26.9 Å². The second-order valence-corrected chi connectivity index (χ2v) is 5.60. The van der Waals surface area contributed by atoms with Crippen LogP contribution in [0.15, 0.2) is 67.1 Å². The number of fused-ring (bicyclic) bond motifs is 1. The van der Waals surface area contributed by atoms with Gasteiger partial charge < -0.3 is 10.1 Å². The van der Waals surface area contributed by atoms with Gasteiger partial charge in [0.25, 0.3) is 0 Å². The molecule has 25 heavy (non-hydrogen) atoms. The first-order valence-corrected chi connectivity index (χ1v) is 7.95. The van der Waals surface area contributed by atoms with Crippen molar-refractivity contribution < 1.29 is 4.74 Å². The van der Waals surface area contributed by atoms with Gasteiger partial charge in [-0.2, -0.15) is 5.10 Å². The molecule has 0 aliphatic rings. The number of hydrogen-bond donors (Lipinski definition) is 1. The molecule has 6 nitrogen and oxygen atoms in total. The second-order valence-electron chi connectivity index (χ2n) is 5.60. The summed E-state index contributed by atoms with van der Waals surface area (Å²) in [6.07, 6.45) is 3.34. The molecule has 2 heterocycles. The Kier molecular flexibility index (Phi) is 4.00. The minimum atomic E-state index is 0.667. The molecule has 0 amide bonds. The third-order valence-electron chi connectivity index (χ3n) is 3.94. The van der Waals surface area contributed by atoms with E-state index >= 15 is 0 Å². The van der Waals surface area contributed by atoms with E-state index in [1.807, 2.05) is 47.1 Å². The van der Waals surface area contributed by atoms with E-state index in [9.17, 15) is 0 Å². The van der Waals surface area contributed by atoms with Crippen LogP contribution >= 0.6 is 0 Å². The predicted molar refractivity (Wildman–Crippen MR) is 97.1 cm³/mol. The van der Waals surface area contributed by atoms with E-state index < -0.39 is 0 Å². The zero-order valence-electron chi connectivity index (χ0n) is 13.8. The van der Waals surface area contributed by atoms with Gasteiger partial charge in [-0.25, -0.2) is 14.6 Å². The number of ether oxygens (including phenoxy) is 1. The third kappa shape index (κ3) is 3.14. The van der Waals surface area contributed by atoms with Crippen LogP contribution in [0.3, 0.4) is 0 Å². The zero-order valence-corrected chi connectivity index (χ0v) is 13.8. The lowest BCUT2D eigenvalue weighted by atomic mass is 10.2.